The molecular weight excluding hydrogens is 311 g/mol. The van der Waals surface area contributed by atoms with Crippen LogP contribution in [0.4, 0.5) is 13.2 Å². The predicted octanol–water partition coefficient (Wildman–Crippen LogP) is 3.08. The van der Waals surface area contributed by atoms with E-state index in [1.54, 1.807) is 6.92 Å². The number of carboxylic acid groups (broad SMARTS) is 1. The normalized spacial score (nSPS) is 14.4. The Morgan fingerprint density at radius 2 is 1.96 bits per heavy atom. The van der Waals surface area contributed by atoms with Crippen molar-refractivity contribution in [3.63, 3.8) is 0 Å². The Hall–Kier alpha value is -2.31. The lowest BCUT2D eigenvalue weighted by atomic mass is 10.0. The van der Waals surface area contributed by atoms with Crippen LogP contribution in [-0.2, 0) is 11.2 Å². The highest BCUT2D eigenvalue weighted by Gasteiger charge is 2.30. The average Bonchev–Trinajstić information content (AvgIpc) is 3.30. The highest BCUT2D eigenvalue weighted by Crippen LogP contribution is 2.39. The quantitative estimate of drug-likeness (QED) is 0.879. The Morgan fingerprint density at radius 1 is 1.30 bits per heavy atom. The van der Waals surface area contributed by atoms with E-state index in [4.69, 9.17) is 5.11 Å². The number of benzene rings is 1. The van der Waals surface area contributed by atoms with E-state index in [2.05, 4.69) is 0 Å². The lowest BCUT2D eigenvalue weighted by molar-refractivity contribution is -0.136. The van der Waals surface area contributed by atoms with Crippen molar-refractivity contribution in [2.45, 2.75) is 38.6 Å². The molecule has 1 aliphatic carbocycles. The van der Waals surface area contributed by atoms with Crippen LogP contribution in [0.15, 0.2) is 10.9 Å². The van der Waals surface area contributed by atoms with E-state index in [0.717, 1.165) is 12.8 Å². The van der Waals surface area contributed by atoms with Gasteiger partial charge in [0.05, 0.1) is 10.9 Å². The van der Waals surface area contributed by atoms with E-state index in [0.29, 0.717) is 11.8 Å². The molecule has 2 aromatic rings. The van der Waals surface area contributed by atoms with Gasteiger partial charge in [-0.05, 0) is 32.3 Å². The van der Waals surface area contributed by atoms with Gasteiger partial charge in [-0.25, -0.2) is 13.2 Å². The molecule has 1 heterocycles. The first-order valence-corrected chi connectivity index (χ1v) is 7.26. The van der Waals surface area contributed by atoms with Crippen LogP contribution < -0.4 is 5.43 Å². The minimum absolute atomic E-state index is 0.0384. The van der Waals surface area contributed by atoms with Crippen LogP contribution in [0.25, 0.3) is 10.9 Å². The molecule has 0 aliphatic heterocycles. The zero-order valence-corrected chi connectivity index (χ0v) is 12.3. The van der Waals surface area contributed by atoms with Crippen molar-refractivity contribution in [1.29, 1.82) is 0 Å². The van der Waals surface area contributed by atoms with E-state index in [1.807, 2.05) is 0 Å². The zero-order valence-electron chi connectivity index (χ0n) is 12.3. The maximum Gasteiger partial charge on any atom is 0.303 e. The van der Waals surface area contributed by atoms with Crippen LogP contribution in [0.2, 0.25) is 0 Å². The molecule has 4 nitrogen and oxygen atoms in total. The number of hydrogen-bond acceptors (Lipinski definition) is 2. The van der Waals surface area contributed by atoms with Crippen LogP contribution in [0.1, 0.15) is 36.6 Å². The molecule has 0 atom stereocenters. The molecule has 0 unspecified atom stereocenters. The third-order valence-electron chi connectivity index (χ3n) is 4.20. The molecule has 1 aromatic carbocycles. The van der Waals surface area contributed by atoms with Gasteiger partial charge < -0.3 is 9.67 Å². The predicted molar refractivity (Wildman–Crippen MR) is 77.0 cm³/mol. The molecule has 3 rings (SSSR count). The molecule has 1 fully saturated rings. The highest BCUT2D eigenvalue weighted by molar-refractivity contribution is 5.81. The van der Waals surface area contributed by atoms with Crippen LogP contribution in [0, 0.1) is 24.4 Å². The number of fused-ring (bicyclic) bond motifs is 1. The van der Waals surface area contributed by atoms with Crippen LogP contribution >= 0.6 is 0 Å². The molecule has 0 spiro atoms. The van der Waals surface area contributed by atoms with Crippen molar-refractivity contribution in [3.8, 4) is 0 Å². The number of carboxylic acids is 1. The standard InChI is InChI=1S/C16H14F3NO3/c1-7-9(4-5-12(21)22)16(23)10-6-11(17)13(18)14(19)15(10)20(7)8-2-3-8/h6,8H,2-5H2,1H3,(H,21,22). The number of carbonyl (C=O) groups is 1. The van der Waals surface area contributed by atoms with E-state index in [1.165, 1.54) is 4.57 Å². The van der Waals surface area contributed by atoms with Crippen LogP contribution in [0.5, 0.6) is 0 Å². The van der Waals surface area contributed by atoms with Gasteiger partial charge in [-0.15, -0.1) is 0 Å². The molecule has 1 saturated carbocycles. The Morgan fingerprint density at radius 3 is 2.52 bits per heavy atom. The molecular formula is C16H14F3NO3. The third kappa shape index (κ3) is 2.50. The first kappa shape index (κ1) is 15.6. The smallest absolute Gasteiger partial charge is 0.303 e. The van der Waals surface area contributed by atoms with Crippen LogP contribution in [0.3, 0.4) is 0 Å². The SMILES string of the molecule is Cc1c(CCC(=O)O)c(=O)c2cc(F)c(F)c(F)c2n1C1CC1. The summed E-state index contributed by atoms with van der Waals surface area (Å²) >= 11 is 0. The fraction of sp³-hybridized carbons (Fsp3) is 0.375. The third-order valence-corrected chi connectivity index (χ3v) is 4.20. The van der Waals surface area contributed by atoms with Crippen molar-refractivity contribution in [3.05, 3.63) is 45.0 Å². The molecule has 0 bridgehead atoms. The highest BCUT2D eigenvalue weighted by atomic mass is 19.2. The largest absolute Gasteiger partial charge is 0.481 e. The van der Waals surface area contributed by atoms with Crippen LogP contribution in [-0.4, -0.2) is 15.6 Å². The first-order chi connectivity index (χ1) is 10.8. The second-order valence-corrected chi connectivity index (χ2v) is 5.77. The Bertz CT molecular complexity index is 885. The van der Waals surface area contributed by atoms with Crippen molar-refractivity contribution < 1.29 is 23.1 Å². The Labute approximate surface area is 129 Å². The molecule has 0 saturated heterocycles. The number of aliphatic carboxylic acids is 1. The summed E-state index contributed by atoms with van der Waals surface area (Å²) in [4.78, 5) is 23.3. The molecule has 1 N–H and O–H groups in total. The molecule has 1 aliphatic rings. The van der Waals surface area contributed by atoms with E-state index in [9.17, 15) is 22.8 Å². The lowest BCUT2D eigenvalue weighted by Gasteiger charge is -2.18. The van der Waals surface area contributed by atoms with Gasteiger partial charge in [-0.1, -0.05) is 0 Å². The summed E-state index contributed by atoms with van der Waals surface area (Å²) in [5.41, 5.74) is -0.269. The van der Waals surface area contributed by atoms with E-state index >= 15 is 0 Å². The van der Waals surface area contributed by atoms with Gasteiger partial charge >= 0.3 is 5.97 Å². The van der Waals surface area contributed by atoms with E-state index < -0.39 is 28.8 Å². The summed E-state index contributed by atoms with van der Waals surface area (Å²) < 4.78 is 42.9. The maximum atomic E-state index is 14.2. The molecule has 0 radical (unpaired) electrons. The topological polar surface area (TPSA) is 59.3 Å². The number of hydrogen-bond donors (Lipinski definition) is 1. The molecule has 7 heteroatoms. The lowest BCUT2D eigenvalue weighted by Crippen LogP contribution is -2.21. The van der Waals surface area contributed by atoms with Crippen molar-refractivity contribution in [2.75, 3.05) is 0 Å². The van der Waals surface area contributed by atoms with Crippen molar-refractivity contribution in [1.82, 2.24) is 4.57 Å². The second-order valence-electron chi connectivity index (χ2n) is 5.77. The second kappa shape index (κ2) is 5.40. The zero-order chi connectivity index (χ0) is 16.9. The fourth-order valence-electron chi connectivity index (χ4n) is 2.95. The van der Waals surface area contributed by atoms with E-state index in [-0.39, 0.29) is 35.3 Å². The minimum atomic E-state index is -1.61. The maximum absolute atomic E-state index is 14.2. The summed E-state index contributed by atoms with van der Waals surface area (Å²) in [6, 6.07) is 0.611. The number of aromatic nitrogens is 1. The average molecular weight is 325 g/mol. The Kier molecular flexibility index (Phi) is 3.66. The minimum Gasteiger partial charge on any atom is -0.481 e. The number of nitrogens with zero attached hydrogens (tertiary/aromatic N) is 1. The van der Waals surface area contributed by atoms with Gasteiger partial charge in [0.25, 0.3) is 0 Å². The summed E-state index contributed by atoms with van der Waals surface area (Å²) in [5, 5.41) is 8.56. The number of halogens is 3. The molecule has 23 heavy (non-hydrogen) atoms. The van der Waals surface area contributed by atoms with Gasteiger partial charge in [-0.2, -0.15) is 0 Å². The van der Waals surface area contributed by atoms with Crippen molar-refractivity contribution >= 4 is 16.9 Å². The van der Waals surface area contributed by atoms with Gasteiger partial charge in [0, 0.05) is 23.7 Å². The first-order valence-electron chi connectivity index (χ1n) is 7.26. The fourth-order valence-corrected chi connectivity index (χ4v) is 2.95. The van der Waals surface area contributed by atoms with Gasteiger partial charge in [-0.3, -0.25) is 9.59 Å². The van der Waals surface area contributed by atoms with Gasteiger partial charge in [0.1, 0.15) is 0 Å². The summed E-state index contributed by atoms with van der Waals surface area (Å²) in [7, 11) is 0. The summed E-state index contributed by atoms with van der Waals surface area (Å²) in [5.74, 6) is -5.48. The molecule has 122 valence electrons. The number of pyridine rings is 1. The van der Waals surface area contributed by atoms with Crippen molar-refractivity contribution in [2.24, 2.45) is 0 Å². The van der Waals surface area contributed by atoms with Gasteiger partial charge in [0.15, 0.2) is 22.9 Å². The Balaban J connectivity index is 2.37. The summed E-state index contributed by atoms with van der Waals surface area (Å²) in [6.45, 7) is 1.58. The molecule has 1 aromatic heterocycles. The summed E-state index contributed by atoms with van der Waals surface area (Å²) in [6.07, 6.45) is 1.19. The molecule has 0 amide bonds. The van der Waals surface area contributed by atoms with Gasteiger partial charge in [0.2, 0.25) is 0 Å². The monoisotopic (exact) mass is 325 g/mol. The number of rotatable bonds is 4.